The van der Waals surface area contributed by atoms with Crippen LogP contribution in [-0.4, -0.2) is 40.8 Å². The Morgan fingerprint density at radius 2 is 1.76 bits per heavy atom. The molecule has 0 saturated heterocycles. The highest BCUT2D eigenvalue weighted by atomic mass is 28.4. The van der Waals surface area contributed by atoms with Crippen LogP contribution in [0, 0.1) is 5.41 Å². The molecule has 0 aromatic carbocycles. The zero-order valence-corrected chi connectivity index (χ0v) is 16.1. The molecule has 0 bridgehead atoms. The van der Waals surface area contributed by atoms with Gasteiger partial charge in [0.15, 0.2) is 8.32 Å². The van der Waals surface area contributed by atoms with E-state index in [1.54, 1.807) is 0 Å². The van der Waals surface area contributed by atoms with Crippen LogP contribution in [0.5, 0.6) is 0 Å². The Hall–Kier alpha value is -0.683. The lowest BCUT2D eigenvalue weighted by Gasteiger charge is -2.37. The number of carbonyl (C=O) groups is 1. The fraction of sp³-hybridized carbons (Fsp3) is 0.875. The molecule has 0 aliphatic heterocycles. The van der Waals surface area contributed by atoms with Gasteiger partial charge in [0.05, 0.1) is 7.11 Å². The largest absolute Gasteiger partial charge is 0.468 e. The molecular formula is C16H33NO3Si. The SMILES string of the molecule is COC(=O)C/N=C/CC(C)(C)CCO[Si](C)(C)C(C)(C)C. The van der Waals surface area contributed by atoms with Gasteiger partial charge in [-0.15, -0.1) is 0 Å². The quantitative estimate of drug-likeness (QED) is 0.385. The van der Waals surface area contributed by atoms with Crippen molar-refractivity contribution in [1.29, 1.82) is 0 Å². The molecule has 0 aromatic rings. The second-order valence-corrected chi connectivity index (χ2v) is 12.6. The number of methoxy groups -OCH3 is 1. The predicted molar refractivity (Wildman–Crippen MR) is 91.5 cm³/mol. The fourth-order valence-electron chi connectivity index (χ4n) is 1.42. The van der Waals surface area contributed by atoms with Gasteiger partial charge in [-0.3, -0.25) is 9.79 Å². The zero-order chi connectivity index (χ0) is 16.7. The van der Waals surface area contributed by atoms with Gasteiger partial charge in [-0.05, 0) is 42.6 Å². The Morgan fingerprint density at radius 3 is 2.24 bits per heavy atom. The molecule has 0 aliphatic rings. The van der Waals surface area contributed by atoms with E-state index in [0.717, 1.165) is 19.4 Å². The predicted octanol–water partition coefficient (Wildman–Crippen LogP) is 4.06. The second-order valence-electron chi connectivity index (χ2n) is 7.83. The monoisotopic (exact) mass is 315 g/mol. The highest BCUT2D eigenvalue weighted by Crippen LogP contribution is 2.37. The molecule has 5 heteroatoms. The van der Waals surface area contributed by atoms with Crippen LogP contribution in [0.1, 0.15) is 47.5 Å². The average Bonchev–Trinajstić information content (AvgIpc) is 2.32. The maximum atomic E-state index is 11.0. The van der Waals surface area contributed by atoms with E-state index in [-0.39, 0.29) is 23.0 Å². The van der Waals surface area contributed by atoms with Gasteiger partial charge < -0.3 is 9.16 Å². The summed E-state index contributed by atoms with van der Waals surface area (Å²) in [5.74, 6) is -0.301. The van der Waals surface area contributed by atoms with E-state index in [1.165, 1.54) is 7.11 Å². The number of esters is 1. The van der Waals surface area contributed by atoms with Crippen LogP contribution in [-0.2, 0) is 14.0 Å². The van der Waals surface area contributed by atoms with Gasteiger partial charge in [0.25, 0.3) is 0 Å². The summed E-state index contributed by atoms with van der Waals surface area (Å²) in [6, 6.07) is 0. The van der Waals surface area contributed by atoms with Crippen LogP contribution in [0.4, 0.5) is 0 Å². The first kappa shape index (κ1) is 20.3. The van der Waals surface area contributed by atoms with E-state index in [2.05, 4.69) is 57.4 Å². The molecule has 0 unspecified atom stereocenters. The molecular weight excluding hydrogens is 282 g/mol. The maximum Gasteiger partial charge on any atom is 0.327 e. The minimum Gasteiger partial charge on any atom is -0.468 e. The Balaban J connectivity index is 4.17. The van der Waals surface area contributed by atoms with Crippen molar-refractivity contribution >= 4 is 20.5 Å². The van der Waals surface area contributed by atoms with Crippen LogP contribution in [0.25, 0.3) is 0 Å². The Bertz CT molecular complexity index is 357. The minimum atomic E-state index is -1.66. The summed E-state index contributed by atoms with van der Waals surface area (Å²) in [7, 11) is -0.282. The molecule has 21 heavy (non-hydrogen) atoms. The number of nitrogens with zero attached hydrogens (tertiary/aromatic N) is 1. The zero-order valence-electron chi connectivity index (χ0n) is 15.1. The maximum absolute atomic E-state index is 11.0. The molecule has 0 radical (unpaired) electrons. The molecule has 0 amide bonds. The first-order chi connectivity index (χ1) is 9.41. The van der Waals surface area contributed by atoms with Crippen molar-refractivity contribution in [1.82, 2.24) is 0 Å². The third-order valence-corrected chi connectivity index (χ3v) is 8.81. The van der Waals surface area contributed by atoms with E-state index in [9.17, 15) is 4.79 Å². The number of carbonyl (C=O) groups excluding carboxylic acids is 1. The Labute approximate surface area is 131 Å². The number of aliphatic imine (C=N–C) groups is 1. The van der Waals surface area contributed by atoms with Crippen LogP contribution in [0.3, 0.4) is 0 Å². The highest BCUT2D eigenvalue weighted by Gasteiger charge is 2.37. The smallest absolute Gasteiger partial charge is 0.327 e. The summed E-state index contributed by atoms with van der Waals surface area (Å²) in [5, 5.41) is 0.249. The van der Waals surface area contributed by atoms with Crippen molar-refractivity contribution in [3.8, 4) is 0 Å². The van der Waals surface area contributed by atoms with Gasteiger partial charge in [-0.1, -0.05) is 34.6 Å². The molecule has 0 aromatic heterocycles. The number of hydrogen-bond acceptors (Lipinski definition) is 4. The molecule has 0 spiro atoms. The minimum absolute atomic E-state index is 0.104. The molecule has 0 rings (SSSR count). The normalized spacial score (nSPS) is 13.7. The molecule has 0 saturated carbocycles. The molecule has 0 N–H and O–H groups in total. The van der Waals surface area contributed by atoms with Crippen molar-refractivity contribution in [3.05, 3.63) is 0 Å². The Morgan fingerprint density at radius 1 is 1.19 bits per heavy atom. The van der Waals surface area contributed by atoms with Crippen molar-refractivity contribution in [2.45, 2.75) is 65.6 Å². The van der Waals surface area contributed by atoms with Crippen molar-refractivity contribution in [3.63, 3.8) is 0 Å². The van der Waals surface area contributed by atoms with Gasteiger partial charge in [-0.25, -0.2) is 0 Å². The second kappa shape index (κ2) is 8.08. The van der Waals surface area contributed by atoms with E-state index in [0.29, 0.717) is 0 Å². The first-order valence-electron chi connectivity index (χ1n) is 7.60. The van der Waals surface area contributed by atoms with Crippen LogP contribution in [0.2, 0.25) is 18.1 Å². The number of rotatable bonds is 8. The lowest BCUT2D eigenvalue weighted by atomic mass is 9.87. The first-order valence-corrected chi connectivity index (χ1v) is 10.5. The van der Waals surface area contributed by atoms with Gasteiger partial charge in [-0.2, -0.15) is 0 Å². The number of hydrogen-bond donors (Lipinski definition) is 0. The van der Waals surface area contributed by atoms with Gasteiger partial charge in [0.2, 0.25) is 0 Å². The summed E-state index contributed by atoms with van der Waals surface area (Å²) in [6.45, 7) is 16.6. The summed E-state index contributed by atoms with van der Waals surface area (Å²) in [6.07, 6.45) is 3.65. The third kappa shape index (κ3) is 8.36. The average molecular weight is 316 g/mol. The Kier molecular flexibility index (Phi) is 7.82. The third-order valence-electron chi connectivity index (χ3n) is 4.27. The molecule has 0 fully saturated rings. The lowest BCUT2D eigenvalue weighted by Crippen LogP contribution is -2.41. The number of ether oxygens (including phenoxy) is 1. The summed E-state index contributed by atoms with van der Waals surface area (Å²) >= 11 is 0. The van der Waals surface area contributed by atoms with Gasteiger partial charge in [0.1, 0.15) is 6.54 Å². The molecule has 4 nitrogen and oxygen atoms in total. The van der Waals surface area contributed by atoms with E-state index >= 15 is 0 Å². The van der Waals surface area contributed by atoms with Gasteiger partial charge in [0, 0.05) is 6.61 Å². The molecule has 0 heterocycles. The van der Waals surface area contributed by atoms with Crippen LogP contribution in [0.15, 0.2) is 4.99 Å². The fourth-order valence-corrected chi connectivity index (χ4v) is 2.46. The molecule has 0 atom stereocenters. The summed E-state index contributed by atoms with van der Waals surface area (Å²) in [5.41, 5.74) is 0.127. The topological polar surface area (TPSA) is 47.9 Å². The van der Waals surface area contributed by atoms with Crippen molar-refractivity contribution < 1.29 is 14.0 Å². The molecule has 124 valence electrons. The van der Waals surface area contributed by atoms with Crippen LogP contribution >= 0.6 is 0 Å². The molecule has 0 aliphatic carbocycles. The highest BCUT2D eigenvalue weighted by molar-refractivity contribution is 6.74. The van der Waals surface area contributed by atoms with E-state index < -0.39 is 8.32 Å². The van der Waals surface area contributed by atoms with E-state index in [1.807, 2.05) is 6.21 Å². The van der Waals surface area contributed by atoms with Gasteiger partial charge >= 0.3 is 5.97 Å². The summed E-state index contributed by atoms with van der Waals surface area (Å²) < 4.78 is 10.8. The summed E-state index contributed by atoms with van der Waals surface area (Å²) in [4.78, 5) is 15.1. The van der Waals surface area contributed by atoms with Crippen molar-refractivity contribution in [2.24, 2.45) is 10.4 Å². The van der Waals surface area contributed by atoms with E-state index in [4.69, 9.17) is 4.43 Å². The van der Waals surface area contributed by atoms with Crippen LogP contribution < -0.4 is 0 Å². The standard InChI is InChI=1S/C16H33NO3Si/c1-15(2,3)21(7,8)20-12-10-16(4,5)9-11-17-13-14(18)19-6/h11H,9-10,12-13H2,1-8H3/b17-11+. The van der Waals surface area contributed by atoms with Crippen molar-refractivity contribution in [2.75, 3.05) is 20.3 Å². The lowest BCUT2D eigenvalue weighted by molar-refractivity contribution is -0.138.